The highest BCUT2D eigenvalue weighted by atomic mass is 19.4. The predicted octanol–water partition coefficient (Wildman–Crippen LogP) is 5.39. The third kappa shape index (κ3) is 3.67. The minimum atomic E-state index is -4.61. The van der Waals surface area contributed by atoms with Gasteiger partial charge in [-0.15, -0.1) is 0 Å². The van der Waals surface area contributed by atoms with Crippen LogP contribution in [0, 0.1) is 0 Å². The van der Waals surface area contributed by atoms with Crippen LogP contribution in [0.3, 0.4) is 0 Å². The van der Waals surface area contributed by atoms with Crippen LogP contribution in [0.4, 0.5) is 18.9 Å². The van der Waals surface area contributed by atoms with E-state index in [2.05, 4.69) is 24.1 Å². The van der Waals surface area contributed by atoms with Gasteiger partial charge in [-0.25, -0.2) is 0 Å². The third-order valence-corrected chi connectivity index (χ3v) is 6.13. The number of ether oxygens (including phenoxy) is 1. The monoisotopic (exact) mass is 418 g/mol. The molecule has 1 fully saturated rings. The zero-order chi connectivity index (χ0) is 21.7. The van der Waals surface area contributed by atoms with Gasteiger partial charge in [-0.1, -0.05) is 19.9 Å². The number of carbonyl (C=O) groups is 1. The number of rotatable bonds is 3. The van der Waals surface area contributed by atoms with Gasteiger partial charge in [-0.05, 0) is 60.8 Å². The highest BCUT2D eigenvalue weighted by Gasteiger charge is 2.40. The van der Waals surface area contributed by atoms with Crippen molar-refractivity contribution in [1.29, 1.82) is 0 Å². The van der Waals surface area contributed by atoms with E-state index in [9.17, 15) is 18.0 Å². The highest BCUT2D eigenvalue weighted by molar-refractivity contribution is 6.04. The first kappa shape index (κ1) is 20.7. The Balaban J connectivity index is 1.63. The molecule has 0 aromatic heterocycles. The first-order valence-electron chi connectivity index (χ1n) is 10.1. The van der Waals surface area contributed by atoms with Gasteiger partial charge in [0.25, 0.3) is 5.91 Å². The van der Waals surface area contributed by atoms with Gasteiger partial charge in [-0.2, -0.15) is 13.2 Å². The number of alkyl halides is 3. The lowest BCUT2D eigenvalue weighted by Gasteiger charge is -2.42. The maximum absolute atomic E-state index is 13.3. The number of hydrogen-bond acceptors (Lipinski definition) is 3. The van der Waals surface area contributed by atoms with Crippen LogP contribution in [-0.2, 0) is 11.6 Å². The maximum atomic E-state index is 13.3. The van der Waals surface area contributed by atoms with Crippen LogP contribution in [-0.4, -0.2) is 31.0 Å². The van der Waals surface area contributed by atoms with Crippen molar-refractivity contribution in [3.05, 3.63) is 58.7 Å². The van der Waals surface area contributed by atoms with Crippen LogP contribution in [0.15, 0.2) is 36.4 Å². The summed E-state index contributed by atoms with van der Waals surface area (Å²) in [5.41, 5.74) is 2.04. The van der Waals surface area contributed by atoms with Gasteiger partial charge >= 0.3 is 6.18 Å². The topological polar surface area (TPSA) is 41.6 Å². The molecule has 7 heteroatoms. The van der Waals surface area contributed by atoms with Gasteiger partial charge < -0.3 is 10.1 Å². The van der Waals surface area contributed by atoms with E-state index in [0.29, 0.717) is 11.7 Å². The molecule has 0 aliphatic carbocycles. The molecule has 4 rings (SSSR count). The third-order valence-electron chi connectivity index (χ3n) is 6.13. The number of hydrogen-bond donors (Lipinski definition) is 1. The smallest absolute Gasteiger partial charge is 0.419 e. The van der Waals surface area contributed by atoms with Gasteiger partial charge in [0.1, 0.15) is 5.75 Å². The molecule has 30 heavy (non-hydrogen) atoms. The lowest BCUT2D eigenvalue weighted by atomic mass is 9.76. The molecule has 2 aliphatic rings. The molecule has 2 heterocycles. The number of nitrogens with one attached hydrogen (secondary N) is 1. The molecule has 0 spiro atoms. The Morgan fingerprint density at radius 1 is 1.20 bits per heavy atom. The van der Waals surface area contributed by atoms with Crippen molar-refractivity contribution in [2.45, 2.75) is 44.3 Å². The Morgan fingerprint density at radius 2 is 1.97 bits per heavy atom. The first-order chi connectivity index (χ1) is 14.1. The minimum absolute atomic E-state index is 0.0102. The number of nitrogens with zero attached hydrogens (tertiary/aromatic N) is 1. The molecule has 1 atom stereocenters. The van der Waals surface area contributed by atoms with E-state index in [1.165, 1.54) is 30.4 Å². The van der Waals surface area contributed by atoms with Gasteiger partial charge in [0.15, 0.2) is 0 Å². The van der Waals surface area contributed by atoms with Gasteiger partial charge in [-0.3, -0.25) is 9.69 Å². The molecule has 1 unspecified atom stereocenters. The van der Waals surface area contributed by atoms with E-state index in [0.717, 1.165) is 32.0 Å². The lowest BCUT2D eigenvalue weighted by Crippen LogP contribution is -2.42. The molecule has 2 aromatic rings. The van der Waals surface area contributed by atoms with Crippen molar-refractivity contribution >= 4 is 11.6 Å². The summed E-state index contributed by atoms with van der Waals surface area (Å²) >= 11 is 0. The van der Waals surface area contributed by atoms with E-state index < -0.39 is 17.6 Å². The summed E-state index contributed by atoms with van der Waals surface area (Å²) in [5.74, 6) is -0.891. The summed E-state index contributed by atoms with van der Waals surface area (Å²) in [6, 6.07) is 9.52. The van der Waals surface area contributed by atoms with E-state index in [1.807, 2.05) is 18.2 Å². The standard InChI is InChI=1S/C23H25F3N2O2/c1-22(2)13-28-10-4-5-19(28)16-12-15(7-8-17(16)22)27-21(29)14-6-9-20(30-3)18(11-14)23(24,25)26/h6-9,11-12,19H,4-5,10,13H2,1-3H3,(H,27,29). The van der Waals surface area contributed by atoms with Crippen molar-refractivity contribution in [2.75, 3.05) is 25.5 Å². The number of fused-ring (bicyclic) bond motifs is 3. The molecule has 1 amide bonds. The number of carbonyl (C=O) groups excluding carboxylic acids is 1. The van der Waals surface area contributed by atoms with Crippen molar-refractivity contribution < 1.29 is 22.7 Å². The molecule has 1 N–H and O–H groups in total. The molecule has 0 saturated carbocycles. The average molecular weight is 418 g/mol. The van der Waals surface area contributed by atoms with Gasteiger partial charge in [0.2, 0.25) is 0 Å². The Labute approximate surface area is 174 Å². The predicted molar refractivity (Wildman–Crippen MR) is 109 cm³/mol. The molecular formula is C23H25F3N2O2. The molecule has 160 valence electrons. The van der Waals surface area contributed by atoms with E-state index in [4.69, 9.17) is 4.74 Å². The zero-order valence-electron chi connectivity index (χ0n) is 17.3. The van der Waals surface area contributed by atoms with Crippen molar-refractivity contribution in [2.24, 2.45) is 0 Å². The average Bonchev–Trinajstić information content (AvgIpc) is 3.14. The second-order valence-corrected chi connectivity index (χ2v) is 8.68. The molecule has 2 aliphatic heterocycles. The van der Waals surface area contributed by atoms with Crippen LogP contribution in [0.2, 0.25) is 0 Å². The quantitative estimate of drug-likeness (QED) is 0.726. The van der Waals surface area contributed by atoms with Crippen molar-refractivity contribution in [1.82, 2.24) is 4.90 Å². The van der Waals surface area contributed by atoms with Crippen LogP contribution in [0.25, 0.3) is 0 Å². The van der Waals surface area contributed by atoms with E-state index >= 15 is 0 Å². The second kappa shape index (κ2) is 7.30. The van der Waals surface area contributed by atoms with Crippen LogP contribution in [0.5, 0.6) is 5.75 Å². The number of methoxy groups -OCH3 is 1. The Bertz CT molecular complexity index is 985. The Morgan fingerprint density at radius 3 is 2.67 bits per heavy atom. The fraction of sp³-hybridized carbons (Fsp3) is 0.435. The van der Waals surface area contributed by atoms with Crippen LogP contribution < -0.4 is 10.1 Å². The van der Waals surface area contributed by atoms with E-state index in [-0.39, 0.29) is 16.7 Å². The summed E-state index contributed by atoms with van der Waals surface area (Å²) in [4.78, 5) is 15.2. The van der Waals surface area contributed by atoms with Gasteiger partial charge in [0.05, 0.1) is 12.7 Å². The van der Waals surface area contributed by atoms with Gasteiger partial charge in [0, 0.05) is 29.3 Å². The summed E-state index contributed by atoms with van der Waals surface area (Å²) in [7, 11) is 1.17. The minimum Gasteiger partial charge on any atom is -0.496 e. The normalized spacial score (nSPS) is 20.4. The van der Waals surface area contributed by atoms with Crippen LogP contribution >= 0.6 is 0 Å². The largest absolute Gasteiger partial charge is 0.496 e. The molecule has 1 saturated heterocycles. The summed E-state index contributed by atoms with van der Waals surface area (Å²) in [6.07, 6.45) is -2.39. The molecule has 0 radical (unpaired) electrons. The summed E-state index contributed by atoms with van der Waals surface area (Å²) in [5, 5.41) is 2.77. The fourth-order valence-electron chi connectivity index (χ4n) is 4.77. The number of benzene rings is 2. The second-order valence-electron chi connectivity index (χ2n) is 8.68. The maximum Gasteiger partial charge on any atom is 0.419 e. The molecule has 2 aromatic carbocycles. The van der Waals surface area contributed by atoms with Crippen molar-refractivity contribution in [3.8, 4) is 5.75 Å². The van der Waals surface area contributed by atoms with Crippen molar-refractivity contribution in [3.63, 3.8) is 0 Å². The summed E-state index contributed by atoms with van der Waals surface area (Å²) < 4.78 is 44.6. The summed E-state index contributed by atoms with van der Waals surface area (Å²) in [6.45, 7) is 6.50. The SMILES string of the molecule is COc1ccc(C(=O)Nc2ccc3c(c2)C2CCCN2CC3(C)C)cc1C(F)(F)F. The fourth-order valence-corrected chi connectivity index (χ4v) is 4.77. The Kier molecular flexibility index (Phi) is 5.04. The van der Waals surface area contributed by atoms with Crippen LogP contribution in [0.1, 0.15) is 59.8 Å². The zero-order valence-corrected chi connectivity index (χ0v) is 17.3. The lowest BCUT2D eigenvalue weighted by molar-refractivity contribution is -0.138. The Hall–Kier alpha value is -2.54. The number of anilines is 1. The molecule has 0 bridgehead atoms. The van der Waals surface area contributed by atoms with E-state index in [1.54, 1.807) is 0 Å². The molecule has 4 nitrogen and oxygen atoms in total. The number of amides is 1. The molecular weight excluding hydrogens is 393 g/mol. The number of halogens is 3. The first-order valence-corrected chi connectivity index (χ1v) is 10.1. The highest BCUT2D eigenvalue weighted by Crippen LogP contribution is 2.45.